The number of primary amides is 1. The topological polar surface area (TPSA) is 128 Å². The van der Waals surface area contributed by atoms with E-state index < -0.39 is 35.8 Å². The summed E-state index contributed by atoms with van der Waals surface area (Å²) in [5.74, 6) is -2.47. The third-order valence-corrected chi connectivity index (χ3v) is 3.34. The lowest BCUT2D eigenvalue weighted by molar-refractivity contribution is -0.148. The van der Waals surface area contributed by atoms with Gasteiger partial charge in [0.15, 0.2) is 0 Å². The Kier molecular flexibility index (Phi) is 9.68. The van der Waals surface area contributed by atoms with Crippen LogP contribution in [0.3, 0.4) is 0 Å². The summed E-state index contributed by atoms with van der Waals surface area (Å²) in [6.07, 6.45) is 0.457. The highest BCUT2D eigenvalue weighted by Crippen LogP contribution is 2.10. The van der Waals surface area contributed by atoms with E-state index in [-0.39, 0.29) is 24.9 Å². The van der Waals surface area contributed by atoms with Gasteiger partial charge in [-0.3, -0.25) is 19.2 Å². The minimum Gasteiger partial charge on any atom is -0.466 e. The fraction of sp³-hybridized carbons (Fsp3) is 0.750. The highest BCUT2D eigenvalue weighted by molar-refractivity contribution is 5.91. The van der Waals surface area contributed by atoms with Crippen LogP contribution in [-0.4, -0.2) is 42.4 Å². The molecule has 0 radical (unpaired) electrons. The van der Waals surface area contributed by atoms with E-state index in [0.29, 0.717) is 6.42 Å². The highest BCUT2D eigenvalue weighted by atomic mass is 16.5. The Bertz CT molecular complexity index is 465. The Balaban J connectivity index is 4.94. The lowest BCUT2D eigenvalue weighted by Gasteiger charge is -2.23. The SMILES string of the molecule is CCOC(=O)[C@H](C)C[C@H](NC(=O)[C@H](CC(C)C)NC(C)=O)C(N)=O. The highest BCUT2D eigenvalue weighted by Gasteiger charge is 2.28. The monoisotopic (exact) mass is 343 g/mol. The van der Waals surface area contributed by atoms with Crippen molar-refractivity contribution in [3.63, 3.8) is 0 Å². The molecule has 4 N–H and O–H groups in total. The molecule has 0 aliphatic rings. The minimum atomic E-state index is -1.01. The molecule has 0 aliphatic heterocycles. The summed E-state index contributed by atoms with van der Waals surface area (Å²) >= 11 is 0. The van der Waals surface area contributed by atoms with Crippen LogP contribution in [0, 0.1) is 11.8 Å². The second-order valence-corrected chi connectivity index (χ2v) is 6.24. The van der Waals surface area contributed by atoms with Crippen LogP contribution in [0.4, 0.5) is 0 Å². The van der Waals surface area contributed by atoms with Gasteiger partial charge in [-0.15, -0.1) is 0 Å². The van der Waals surface area contributed by atoms with E-state index in [1.807, 2.05) is 13.8 Å². The van der Waals surface area contributed by atoms with Crippen molar-refractivity contribution in [1.29, 1.82) is 0 Å². The van der Waals surface area contributed by atoms with Gasteiger partial charge in [0.1, 0.15) is 12.1 Å². The molecule has 8 heteroatoms. The molecule has 0 aromatic heterocycles. The van der Waals surface area contributed by atoms with Gasteiger partial charge in [-0.05, 0) is 25.7 Å². The quantitative estimate of drug-likeness (QED) is 0.485. The molecule has 0 heterocycles. The van der Waals surface area contributed by atoms with Crippen molar-refractivity contribution < 1.29 is 23.9 Å². The van der Waals surface area contributed by atoms with Gasteiger partial charge in [-0.25, -0.2) is 0 Å². The van der Waals surface area contributed by atoms with E-state index in [1.165, 1.54) is 6.92 Å². The number of esters is 1. The van der Waals surface area contributed by atoms with Crippen LogP contribution in [0.1, 0.15) is 47.5 Å². The zero-order valence-electron chi connectivity index (χ0n) is 15.0. The lowest BCUT2D eigenvalue weighted by Crippen LogP contribution is -2.53. The van der Waals surface area contributed by atoms with Gasteiger partial charge < -0.3 is 21.1 Å². The summed E-state index contributed by atoms with van der Waals surface area (Å²) in [5, 5.41) is 5.08. The molecule has 0 spiro atoms. The molecule has 3 atom stereocenters. The van der Waals surface area contributed by atoms with Crippen molar-refractivity contribution in [2.45, 2.75) is 59.5 Å². The molecule has 0 aromatic carbocycles. The number of ether oxygens (including phenoxy) is 1. The lowest BCUT2D eigenvalue weighted by atomic mass is 9.99. The van der Waals surface area contributed by atoms with Gasteiger partial charge in [0.25, 0.3) is 0 Å². The molecule has 0 rings (SSSR count). The molecule has 0 bridgehead atoms. The molecule has 8 nitrogen and oxygen atoms in total. The zero-order chi connectivity index (χ0) is 18.9. The van der Waals surface area contributed by atoms with Gasteiger partial charge in [0, 0.05) is 6.92 Å². The molecule has 0 unspecified atom stereocenters. The average molecular weight is 343 g/mol. The van der Waals surface area contributed by atoms with E-state index >= 15 is 0 Å². The fourth-order valence-corrected chi connectivity index (χ4v) is 2.20. The Morgan fingerprint density at radius 3 is 2.00 bits per heavy atom. The average Bonchev–Trinajstić information content (AvgIpc) is 2.44. The van der Waals surface area contributed by atoms with Crippen LogP contribution in [0.5, 0.6) is 0 Å². The van der Waals surface area contributed by atoms with E-state index in [4.69, 9.17) is 10.5 Å². The molecule has 24 heavy (non-hydrogen) atoms. The van der Waals surface area contributed by atoms with Crippen molar-refractivity contribution in [1.82, 2.24) is 10.6 Å². The predicted octanol–water partition coefficient (Wildman–Crippen LogP) is 0.0966. The maximum Gasteiger partial charge on any atom is 0.308 e. The maximum absolute atomic E-state index is 12.4. The second kappa shape index (κ2) is 10.6. The van der Waals surface area contributed by atoms with Crippen LogP contribution in [0.15, 0.2) is 0 Å². The smallest absolute Gasteiger partial charge is 0.308 e. The van der Waals surface area contributed by atoms with Crippen LogP contribution < -0.4 is 16.4 Å². The summed E-state index contributed by atoms with van der Waals surface area (Å²) in [4.78, 5) is 46.9. The predicted molar refractivity (Wildman–Crippen MR) is 88.6 cm³/mol. The van der Waals surface area contributed by atoms with Crippen molar-refractivity contribution in [2.75, 3.05) is 6.61 Å². The van der Waals surface area contributed by atoms with E-state index in [0.717, 1.165) is 0 Å². The number of carbonyl (C=O) groups excluding carboxylic acids is 4. The van der Waals surface area contributed by atoms with E-state index in [9.17, 15) is 19.2 Å². The summed E-state index contributed by atoms with van der Waals surface area (Å²) in [7, 11) is 0. The number of nitrogens with one attached hydrogen (secondary N) is 2. The summed E-state index contributed by atoms with van der Waals surface area (Å²) in [6.45, 7) is 8.65. The summed E-state index contributed by atoms with van der Waals surface area (Å²) < 4.78 is 4.88. The fourth-order valence-electron chi connectivity index (χ4n) is 2.20. The van der Waals surface area contributed by atoms with Crippen LogP contribution >= 0.6 is 0 Å². The molecule has 0 fully saturated rings. The first-order valence-electron chi connectivity index (χ1n) is 8.11. The second-order valence-electron chi connectivity index (χ2n) is 6.24. The first kappa shape index (κ1) is 21.9. The number of carbonyl (C=O) groups is 4. The largest absolute Gasteiger partial charge is 0.466 e. The van der Waals surface area contributed by atoms with E-state index in [1.54, 1.807) is 13.8 Å². The van der Waals surface area contributed by atoms with E-state index in [2.05, 4.69) is 10.6 Å². The number of hydrogen-bond acceptors (Lipinski definition) is 5. The number of rotatable bonds is 10. The van der Waals surface area contributed by atoms with Crippen molar-refractivity contribution in [3.05, 3.63) is 0 Å². The van der Waals surface area contributed by atoms with Gasteiger partial charge in [-0.1, -0.05) is 20.8 Å². The van der Waals surface area contributed by atoms with Crippen molar-refractivity contribution in [3.8, 4) is 0 Å². The molecular formula is C16H29N3O5. The maximum atomic E-state index is 12.4. The normalized spacial score (nSPS) is 14.4. The summed E-state index contributed by atoms with van der Waals surface area (Å²) in [5.41, 5.74) is 5.32. The third-order valence-electron chi connectivity index (χ3n) is 3.34. The molecule has 0 aromatic rings. The van der Waals surface area contributed by atoms with Gasteiger partial charge in [-0.2, -0.15) is 0 Å². The van der Waals surface area contributed by atoms with Crippen LogP contribution in [-0.2, 0) is 23.9 Å². The van der Waals surface area contributed by atoms with Crippen LogP contribution in [0.25, 0.3) is 0 Å². The van der Waals surface area contributed by atoms with Crippen LogP contribution in [0.2, 0.25) is 0 Å². The standard InChI is InChI=1S/C16H29N3O5/c1-6-24-16(23)10(4)8-12(14(17)21)19-15(22)13(7-9(2)3)18-11(5)20/h9-10,12-13H,6-8H2,1-5H3,(H2,17,21)(H,18,20)(H,19,22)/t10-,12+,13+/m1/s1. The molecule has 138 valence electrons. The molecular weight excluding hydrogens is 314 g/mol. The Labute approximate surface area is 142 Å². The minimum absolute atomic E-state index is 0.0361. The molecule has 0 saturated heterocycles. The Morgan fingerprint density at radius 2 is 1.58 bits per heavy atom. The number of nitrogens with two attached hydrogens (primary N) is 1. The molecule has 3 amide bonds. The van der Waals surface area contributed by atoms with Crippen molar-refractivity contribution in [2.24, 2.45) is 17.6 Å². The first-order valence-corrected chi connectivity index (χ1v) is 8.11. The van der Waals surface area contributed by atoms with Gasteiger partial charge in [0.05, 0.1) is 12.5 Å². The zero-order valence-corrected chi connectivity index (χ0v) is 15.0. The molecule has 0 aliphatic carbocycles. The van der Waals surface area contributed by atoms with Gasteiger partial charge >= 0.3 is 5.97 Å². The Hall–Kier alpha value is -2.12. The summed E-state index contributed by atoms with van der Waals surface area (Å²) in [6, 6.07) is -1.78. The Morgan fingerprint density at radius 1 is 1.00 bits per heavy atom. The first-order chi connectivity index (χ1) is 11.1. The van der Waals surface area contributed by atoms with Crippen molar-refractivity contribution >= 4 is 23.7 Å². The third kappa shape index (κ3) is 8.50. The molecule has 0 saturated carbocycles. The number of hydrogen-bond donors (Lipinski definition) is 3. The number of amides is 3. The van der Waals surface area contributed by atoms with Gasteiger partial charge in [0.2, 0.25) is 17.7 Å².